The second-order valence-corrected chi connectivity index (χ2v) is 5.60. The second kappa shape index (κ2) is 5.86. The fourth-order valence-corrected chi connectivity index (χ4v) is 3.03. The van der Waals surface area contributed by atoms with Crippen LogP contribution in [0.1, 0.15) is 42.1 Å². The number of halogens is 1. The van der Waals surface area contributed by atoms with Crippen molar-refractivity contribution in [1.29, 1.82) is 0 Å². The predicted molar refractivity (Wildman–Crippen MR) is 82.0 cm³/mol. The van der Waals surface area contributed by atoms with E-state index in [-0.39, 0.29) is 11.9 Å². The molecule has 2 nitrogen and oxygen atoms in total. The van der Waals surface area contributed by atoms with Gasteiger partial charge in [-0.1, -0.05) is 18.2 Å². The summed E-state index contributed by atoms with van der Waals surface area (Å²) >= 11 is 0. The van der Waals surface area contributed by atoms with Gasteiger partial charge in [0.05, 0.1) is 7.11 Å². The maximum Gasteiger partial charge on any atom is 0.123 e. The summed E-state index contributed by atoms with van der Waals surface area (Å²) in [6, 6.07) is 13.5. The molecular formula is C18H20FNO. The van der Waals surface area contributed by atoms with Crippen molar-refractivity contribution in [2.24, 2.45) is 0 Å². The number of ether oxygens (including phenoxy) is 1. The lowest BCUT2D eigenvalue weighted by atomic mass is 10.0. The van der Waals surface area contributed by atoms with Crippen molar-refractivity contribution in [3.05, 3.63) is 65.0 Å². The summed E-state index contributed by atoms with van der Waals surface area (Å²) in [5.41, 5.74) is 3.82. The minimum absolute atomic E-state index is 0.188. The van der Waals surface area contributed by atoms with Gasteiger partial charge in [-0.25, -0.2) is 4.39 Å². The molecule has 0 spiro atoms. The van der Waals surface area contributed by atoms with Gasteiger partial charge in [-0.2, -0.15) is 0 Å². The molecule has 110 valence electrons. The molecule has 1 aliphatic carbocycles. The number of methoxy groups -OCH3 is 1. The van der Waals surface area contributed by atoms with Gasteiger partial charge in [0, 0.05) is 12.1 Å². The summed E-state index contributed by atoms with van der Waals surface area (Å²) in [6.07, 6.45) is 2.18. The van der Waals surface area contributed by atoms with E-state index in [9.17, 15) is 4.39 Å². The van der Waals surface area contributed by atoms with Crippen LogP contribution >= 0.6 is 0 Å². The van der Waals surface area contributed by atoms with Gasteiger partial charge < -0.3 is 10.1 Å². The van der Waals surface area contributed by atoms with Crippen LogP contribution in [0.5, 0.6) is 5.75 Å². The molecule has 0 aliphatic heterocycles. The van der Waals surface area contributed by atoms with Crippen LogP contribution in [-0.2, 0) is 6.42 Å². The quantitative estimate of drug-likeness (QED) is 0.910. The molecule has 21 heavy (non-hydrogen) atoms. The Balaban J connectivity index is 1.76. The van der Waals surface area contributed by atoms with Crippen molar-refractivity contribution in [2.75, 3.05) is 7.11 Å². The maximum atomic E-state index is 13.0. The summed E-state index contributed by atoms with van der Waals surface area (Å²) in [4.78, 5) is 0. The molecule has 0 saturated heterocycles. The van der Waals surface area contributed by atoms with Crippen molar-refractivity contribution in [3.63, 3.8) is 0 Å². The van der Waals surface area contributed by atoms with Crippen LogP contribution in [0.15, 0.2) is 42.5 Å². The molecule has 0 saturated carbocycles. The first-order valence-corrected chi connectivity index (χ1v) is 7.35. The Kier molecular flexibility index (Phi) is 3.93. The lowest BCUT2D eigenvalue weighted by Crippen LogP contribution is -2.23. The van der Waals surface area contributed by atoms with Crippen LogP contribution in [0, 0.1) is 5.82 Å². The Morgan fingerprint density at radius 3 is 2.67 bits per heavy atom. The SMILES string of the molecule is COc1ccc2c(c1)C(N[C@H](C)c1ccc(F)cc1)CC2. The summed E-state index contributed by atoms with van der Waals surface area (Å²) in [7, 11) is 1.69. The molecule has 0 amide bonds. The molecule has 2 atom stereocenters. The molecular weight excluding hydrogens is 265 g/mol. The van der Waals surface area contributed by atoms with E-state index in [0.717, 1.165) is 24.2 Å². The van der Waals surface area contributed by atoms with Crippen LogP contribution in [0.2, 0.25) is 0 Å². The molecule has 0 bridgehead atoms. The van der Waals surface area contributed by atoms with E-state index in [0.29, 0.717) is 6.04 Å². The Hall–Kier alpha value is -1.87. The van der Waals surface area contributed by atoms with Gasteiger partial charge in [-0.15, -0.1) is 0 Å². The van der Waals surface area contributed by atoms with E-state index in [1.165, 1.54) is 23.3 Å². The van der Waals surface area contributed by atoms with Crippen LogP contribution in [0.25, 0.3) is 0 Å². The molecule has 2 aromatic rings. The smallest absolute Gasteiger partial charge is 0.123 e. The third-order valence-electron chi connectivity index (χ3n) is 4.25. The summed E-state index contributed by atoms with van der Waals surface area (Å²) < 4.78 is 18.3. The third-order valence-corrected chi connectivity index (χ3v) is 4.25. The number of hydrogen-bond acceptors (Lipinski definition) is 2. The highest BCUT2D eigenvalue weighted by Crippen LogP contribution is 2.35. The number of benzene rings is 2. The van der Waals surface area contributed by atoms with Crippen molar-refractivity contribution < 1.29 is 9.13 Å². The lowest BCUT2D eigenvalue weighted by Gasteiger charge is -2.21. The highest BCUT2D eigenvalue weighted by Gasteiger charge is 2.24. The molecule has 2 aromatic carbocycles. The average Bonchev–Trinajstić information content (AvgIpc) is 2.90. The van der Waals surface area contributed by atoms with E-state index in [1.54, 1.807) is 7.11 Å². The van der Waals surface area contributed by atoms with E-state index in [4.69, 9.17) is 4.74 Å². The highest BCUT2D eigenvalue weighted by atomic mass is 19.1. The molecule has 0 aromatic heterocycles. The fraction of sp³-hybridized carbons (Fsp3) is 0.333. The monoisotopic (exact) mass is 285 g/mol. The van der Waals surface area contributed by atoms with Gasteiger partial charge in [-0.3, -0.25) is 0 Å². The normalized spacial score (nSPS) is 18.3. The molecule has 1 N–H and O–H groups in total. The summed E-state index contributed by atoms with van der Waals surface area (Å²) in [6.45, 7) is 2.12. The maximum absolute atomic E-state index is 13.0. The second-order valence-electron chi connectivity index (χ2n) is 5.60. The predicted octanol–water partition coefficient (Wildman–Crippen LogP) is 4.17. The number of fused-ring (bicyclic) bond motifs is 1. The van der Waals surface area contributed by atoms with Crippen molar-refractivity contribution in [1.82, 2.24) is 5.32 Å². The first kappa shape index (κ1) is 14.1. The minimum atomic E-state index is -0.193. The first-order chi connectivity index (χ1) is 10.2. The first-order valence-electron chi connectivity index (χ1n) is 7.35. The molecule has 1 unspecified atom stereocenters. The molecule has 0 fully saturated rings. The standard InChI is InChI=1S/C18H20FNO/c1-12(13-3-7-15(19)8-4-13)20-18-10-6-14-5-9-16(21-2)11-17(14)18/h3-5,7-9,11-12,18,20H,6,10H2,1-2H3/t12-,18?/m1/s1. The zero-order valence-electron chi connectivity index (χ0n) is 12.4. The van der Waals surface area contributed by atoms with Gasteiger partial charge in [0.25, 0.3) is 0 Å². The van der Waals surface area contributed by atoms with E-state index in [1.807, 2.05) is 18.2 Å². The summed E-state index contributed by atoms with van der Waals surface area (Å²) in [5.74, 6) is 0.707. The minimum Gasteiger partial charge on any atom is -0.497 e. The van der Waals surface area contributed by atoms with Gasteiger partial charge in [0.1, 0.15) is 11.6 Å². The Morgan fingerprint density at radius 1 is 1.19 bits per heavy atom. The molecule has 3 rings (SSSR count). The number of aryl methyl sites for hydroxylation is 1. The van der Waals surface area contributed by atoms with Crippen LogP contribution < -0.4 is 10.1 Å². The average molecular weight is 285 g/mol. The van der Waals surface area contributed by atoms with Gasteiger partial charge >= 0.3 is 0 Å². The highest BCUT2D eigenvalue weighted by molar-refractivity contribution is 5.41. The molecule has 1 aliphatic rings. The number of rotatable bonds is 4. The zero-order valence-corrected chi connectivity index (χ0v) is 12.4. The topological polar surface area (TPSA) is 21.3 Å². The van der Waals surface area contributed by atoms with Crippen LogP contribution in [0.4, 0.5) is 4.39 Å². The Bertz CT molecular complexity index is 624. The van der Waals surface area contributed by atoms with Crippen molar-refractivity contribution in [3.8, 4) is 5.75 Å². The Labute approximate surface area is 125 Å². The van der Waals surface area contributed by atoms with Gasteiger partial charge in [-0.05, 0) is 60.7 Å². The van der Waals surface area contributed by atoms with E-state index < -0.39 is 0 Å². The zero-order chi connectivity index (χ0) is 14.8. The van der Waals surface area contributed by atoms with Crippen molar-refractivity contribution in [2.45, 2.75) is 31.8 Å². The van der Waals surface area contributed by atoms with Gasteiger partial charge in [0.15, 0.2) is 0 Å². The fourth-order valence-electron chi connectivity index (χ4n) is 3.03. The van der Waals surface area contributed by atoms with E-state index in [2.05, 4.69) is 24.4 Å². The third kappa shape index (κ3) is 2.93. The molecule has 3 heteroatoms. The largest absolute Gasteiger partial charge is 0.497 e. The molecule has 0 heterocycles. The summed E-state index contributed by atoms with van der Waals surface area (Å²) in [5, 5.41) is 3.64. The van der Waals surface area contributed by atoms with Gasteiger partial charge in [0.2, 0.25) is 0 Å². The van der Waals surface area contributed by atoms with E-state index >= 15 is 0 Å². The van der Waals surface area contributed by atoms with Crippen LogP contribution in [-0.4, -0.2) is 7.11 Å². The lowest BCUT2D eigenvalue weighted by molar-refractivity contribution is 0.412. The Morgan fingerprint density at radius 2 is 1.95 bits per heavy atom. The number of nitrogens with one attached hydrogen (secondary N) is 1. The molecule has 0 radical (unpaired) electrons. The number of hydrogen-bond donors (Lipinski definition) is 1. The van der Waals surface area contributed by atoms with Crippen molar-refractivity contribution >= 4 is 0 Å². The van der Waals surface area contributed by atoms with Crippen LogP contribution in [0.3, 0.4) is 0 Å².